The monoisotopic (exact) mass is 368 g/mol. The average molecular weight is 369 g/mol. The predicted octanol–water partition coefficient (Wildman–Crippen LogP) is 2.32. The van der Waals surface area contributed by atoms with Gasteiger partial charge in [-0.05, 0) is 6.42 Å². The Morgan fingerprint density at radius 1 is 1.58 bits per heavy atom. The van der Waals surface area contributed by atoms with E-state index in [2.05, 4.69) is 20.2 Å². The van der Waals surface area contributed by atoms with E-state index >= 15 is 0 Å². The smallest absolute Gasteiger partial charge is 0.422 e. The molecule has 24 heavy (non-hydrogen) atoms. The molecule has 1 amide bonds. The second kappa shape index (κ2) is 8.57. The van der Waals surface area contributed by atoms with Gasteiger partial charge in [0.15, 0.2) is 12.4 Å². The molecule has 1 rings (SSSR count). The summed E-state index contributed by atoms with van der Waals surface area (Å²) in [7, 11) is 0. The second-order valence-electron chi connectivity index (χ2n) is 4.74. The van der Waals surface area contributed by atoms with Gasteiger partial charge in [-0.3, -0.25) is 4.79 Å². The Morgan fingerprint density at radius 2 is 2.25 bits per heavy atom. The first-order valence-electron chi connectivity index (χ1n) is 6.81. The highest BCUT2D eigenvalue weighted by atomic mass is 35.5. The van der Waals surface area contributed by atoms with Gasteiger partial charge in [-0.2, -0.15) is 13.2 Å². The van der Waals surface area contributed by atoms with Gasteiger partial charge in [0.2, 0.25) is 0 Å². The summed E-state index contributed by atoms with van der Waals surface area (Å²) in [5.41, 5.74) is 5.25. The van der Waals surface area contributed by atoms with Gasteiger partial charge in [0.1, 0.15) is 16.5 Å². The maximum Gasteiger partial charge on any atom is 0.422 e. The molecule has 1 aromatic rings. The first-order valence-corrected chi connectivity index (χ1v) is 7.19. The number of nitrogens with zero attached hydrogens (tertiary/aromatic N) is 2. The van der Waals surface area contributed by atoms with Crippen LogP contribution in [0.1, 0.15) is 30.3 Å². The van der Waals surface area contributed by atoms with Gasteiger partial charge in [-0.1, -0.05) is 30.1 Å². The molecule has 0 bridgehead atoms. The molecule has 134 valence electrons. The molecule has 11 heteroatoms. The third-order valence-corrected chi connectivity index (χ3v) is 3.08. The molecular formula is C13H16ClF3N4O3. The lowest BCUT2D eigenvalue weighted by molar-refractivity contribution is -0.153. The van der Waals surface area contributed by atoms with Gasteiger partial charge in [0.25, 0.3) is 5.91 Å². The van der Waals surface area contributed by atoms with Crippen molar-refractivity contribution >= 4 is 23.3 Å². The molecule has 0 aliphatic heterocycles. The van der Waals surface area contributed by atoms with Crippen molar-refractivity contribution in [3.63, 3.8) is 0 Å². The zero-order valence-corrected chi connectivity index (χ0v) is 13.4. The molecule has 0 spiro atoms. The summed E-state index contributed by atoms with van der Waals surface area (Å²) in [6.45, 7) is 0.272. The van der Waals surface area contributed by atoms with Crippen LogP contribution in [0.4, 0.5) is 13.2 Å². The van der Waals surface area contributed by atoms with Gasteiger partial charge < -0.3 is 21.0 Å². The van der Waals surface area contributed by atoms with E-state index in [1.54, 1.807) is 0 Å². The maximum atomic E-state index is 12.2. The summed E-state index contributed by atoms with van der Waals surface area (Å²) in [5.74, 6) is -1.26. The van der Waals surface area contributed by atoms with Crippen molar-refractivity contribution in [1.29, 1.82) is 0 Å². The molecule has 1 heterocycles. The van der Waals surface area contributed by atoms with E-state index in [0.717, 1.165) is 12.3 Å². The highest BCUT2D eigenvalue weighted by Gasteiger charge is 2.29. The second-order valence-corrected chi connectivity index (χ2v) is 5.15. The molecule has 0 aliphatic carbocycles. The normalized spacial score (nSPS) is 13.5. The summed E-state index contributed by atoms with van der Waals surface area (Å²) < 4.78 is 41.2. The minimum Gasteiger partial charge on any atom is -0.482 e. The molecule has 1 atom stereocenters. The quantitative estimate of drug-likeness (QED) is 0.296. The van der Waals surface area contributed by atoms with Crippen molar-refractivity contribution in [2.45, 2.75) is 32.0 Å². The van der Waals surface area contributed by atoms with Crippen LogP contribution in [-0.2, 0) is 0 Å². The number of alkyl halides is 3. The molecule has 1 unspecified atom stereocenters. The Hall–Kier alpha value is -2.23. The first-order chi connectivity index (χ1) is 11.2. The van der Waals surface area contributed by atoms with Gasteiger partial charge in [0, 0.05) is 6.07 Å². The molecule has 0 saturated carbocycles. The van der Waals surface area contributed by atoms with Crippen LogP contribution in [-0.4, -0.2) is 40.8 Å². The molecule has 0 aromatic carbocycles. The highest BCUT2D eigenvalue weighted by Crippen LogP contribution is 2.26. The molecule has 7 nitrogen and oxygen atoms in total. The van der Waals surface area contributed by atoms with Crippen molar-refractivity contribution in [3.05, 3.63) is 23.0 Å². The third-order valence-electron chi connectivity index (χ3n) is 2.80. The third kappa shape index (κ3) is 6.11. The molecule has 0 radical (unpaired) electrons. The summed E-state index contributed by atoms with van der Waals surface area (Å²) in [6, 6.07) is 0.239. The van der Waals surface area contributed by atoms with Crippen LogP contribution in [0.5, 0.6) is 5.75 Å². The number of carbonyl (C=O) groups excluding carboxylic acids is 1. The van der Waals surface area contributed by atoms with Crippen molar-refractivity contribution in [2.24, 2.45) is 10.9 Å². The summed E-state index contributed by atoms with van der Waals surface area (Å²) >= 11 is 5.70. The van der Waals surface area contributed by atoms with Crippen molar-refractivity contribution in [2.75, 3.05) is 6.61 Å². The number of rotatable bonds is 7. The Balaban J connectivity index is 2.90. The minimum absolute atomic E-state index is 0.169. The van der Waals surface area contributed by atoms with E-state index in [9.17, 15) is 18.0 Å². The predicted molar refractivity (Wildman–Crippen MR) is 80.4 cm³/mol. The van der Waals surface area contributed by atoms with Crippen LogP contribution in [0.25, 0.3) is 0 Å². The van der Waals surface area contributed by atoms with Crippen LogP contribution >= 0.6 is 11.6 Å². The lowest BCUT2D eigenvalue weighted by Gasteiger charge is -2.16. The number of carbonyl (C=O) groups is 1. The van der Waals surface area contributed by atoms with Crippen LogP contribution in [0.15, 0.2) is 17.4 Å². The van der Waals surface area contributed by atoms with E-state index in [-0.39, 0.29) is 22.3 Å². The SMILES string of the molecule is CCCC(NC(=O)c1cc(OCC(F)(F)F)c(Cl)cn1)C(N)=NO. The number of hydrogen-bond acceptors (Lipinski definition) is 5. The number of nitrogens with one attached hydrogen (secondary N) is 1. The Morgan fingerprint density at radius 3 is 2.79 bits per heavy atom. The topological polar surface area (TPSA) is 110 Å². The van der Waals surface area contributed by atoms with Crippen LogP contribution in [0.3, 0.4) is 0 Å². The van der Waals surface area contributed by atoms with E-state index < -0.39 is 24.7 Å². The van der Waals surface area contributed by atoms with E-state index in [1.165, 1.54) is 0 Å². The number of hydrogen-bond donors (Lipinski definition) is 3. The Bertz CT molecular complexity index is 611. The number of amides is 1. The van der Waals surface area contributed by atoms with Crippen LogP contribution in [0.2, 0.25) is 5.02 Å². The van der Waals surface area contributed by atoms with Gasteiger partial charge in [0.05, 0.1) is 12.2 Å². The lowest BCUT2D eigenvalue weighted by Crippen LogP contribution is -2.44. The average Bonchev–Trinajstić information content (AvgIpc) is 2.51. The number of ether oxygens (including phenoxy) is 1. The van der Waals surface area contributed by atoms with Gasteiger partial charge in [-0.25, -0.2) is 4.98 Å². The number of amidine groups is 1. The molecule has 0 fully saturated rings. The largest absolute Gasteiger partial charge is 0.482 e. The van der Waals surface area contributed by atoms with E-state index in [1.807, 2.05) is 6.92 Å². The lowest BCUT2D eigenvalue weighted by atomic mass is 10.1. The van der Waals surface area contributed by atoms with Crippen molar-refractivity contribution in [1.82, 2.24) is 10.3 Å². The first kappa shape index (κ1) is 19.8. The fraction of sp³-hybridized carbons (Fsp3) is 0.462. The van der Waals surface area contributed by atoms with Crippen LogP contribution < -0.4 is 15.8 Å². The van der Waals surface area contributed by atoms with Crippen molar-refractivity contribution in [3.8, 4) is 5.75 Å². The summed E-state index contributed by atoms with van der Waals surface area (Å²) in [5, 5.41) is 13.8. The van der Waals surface area contributed by atoms with E-state index in [4.69, 9.17) is 22.5 Å². The van der Waals surface area contributed by atoms with Crippen molar-refractivity contribution < 1.29 is 27.9 Å². The molecule has 1 aromatic heterocycles. The summed E-state index contributed by atoms with van der Waals surface area (Å²) in [6.07, 6.45) is -2.52. The summed E-state index contributed by atoms with van der Waals surface area (Å²) in [4.78, 5) is 15.9. The maximum absolute atomic E-state index is 12.2. The molecule has 4 N–H and O–H groups in total. The Kier molecular flexibility index (Phi) is 7.08. The number of pyridine rings is 1. The van der Waals surface area contributed by atoms with E-state index in [0.29, 0.717) is 12.8 Å². The standard InChI is InChI=1S/C13H16ClF3N4O3/c1-2-3-8(11(18)21-23)20-12(22)9-4-10(7(14)5-19-9)24-6-13(15,16)17/h4-5,8,23H,2-3,6H2,1H3,(H2,18,21)(H,20,22). The fourth-order valence-electron chi connectivity index (χ4n) is 1.70. The highest BCUT2D eigenvalue weighted by molar-refractivity contribution is 6.32. The molecular weight excluding hydrogens is 353 g/mol. The van der Waals surface area contributed by atoms with Crippen LogP contribution in [0, 0.1) is 0 Å². The molecule has 0 aliphatic rings. The fourth-order valence-corrected chi connectivity index (χ4v) is 1.86. The Labute approximate surface area is 140 Å². The van der Waals surface area contributed by atoms with Gasteiger partial charge in [-0.15, -0.1) is 0 Å². The van der Waals surface area contributed by atoms with Gasteiger partial charge >= 0.3 is 6.18 Å². The number of nitrogens with two attached hydrogens (primary N) is 1. The zero-order valence-electron chi connectivity index (χ0n) is 12.6. The molecule has 0 saturated heterocycles. The minimum atomic E-state index is -4.55. The number of oxime groups is 1. The number of aromatic nitrogens is 1. The zero-order chi connectivity index (χ0) is 18.3. The number of halogens is 4.